The van der Waals surface area contributed by atoms with Crippen LogP contribution >= 0.6 is 0 Å². The minimum absolute atomic E-state index is 0.351. The van der Waals surface area contributed by atoms with Crippen molar-refractivity contribution in [2.24, 2.45) is 11.0 Å². The molecule has 3 N–H and O–H groups in total. The molecule has 0 heterocycles. The second-order valence-corrected chi connectivity index (χ2v) is 1.16. The lowest BCUT2D eigenvalue weighted by atomic mass is 10.4. The fourth-order valence-corrected chi connectivity index (χ4v) is 0.246. The van der Waals surface area contributed by atoms with Crippen molar-refractivity contribution in [3.63, 3.8) is 0 Å². The van der Waals surface area contributed by atoms with Gasteiger partial charge in [0.25, 0.3) is 0 Å². The third-order valence-corrected chi connectivity index (χ3v) is 0.571. The minimum atomic E-state index is 0.351. The van der Waals surface area contributed by atoms with Crippen molar-refractivity contribution in [1.82, 2.24) is 5.43 Å². The van der Waals surface area contributed by atoms with Crippen LogP contribution in [-0.2, 0) is 0 Å². The molecule has 42 valence electrons. The summed E-state index contributed by atoms with van der Waals surface area (Å²) in [6.07, 6.45) is 0.722. The smallest absolute Gasteiger partial charge is 0.0823 e. The molecule has 4 nitrogen and oxygen atoms in total. The van der Waals surface area contributed by atoms with E-state index < -0.39 is 0 Å². The number of nitroso groups, excluding NO2 is 1. The summed E-state index contributed by atoms with van der Waals surface area (Å²) in [6, 6.07) is 0. The average Bonchev–Trinajstić information content (AvgIpc) is 1.69. The van der Waals surface area contributed by atoms with Gasteiger partial charge in [-0.05, 0) is 6.42 Å². The van der Waals surface area contributed by atoms with Crippen molar-refractivity contribution in [2.75, 3.05) is 13.1 Å². The molecule has 7 heavy (non-hydrogen) atoms. The summed E-state index contributed by atoms with van der Waals surface area (Å²) >= 11 is 0. The zero-order valence-corrected chi connectivity index (χ0v) is 4.05. The normalized spacial score (nSPS) is 8.71. The monoisotopic (exact) mass is 103 g/mol. The second-order valence-electron chi connectivity index (χ2n) is 1.16. The van der Waals surface area contributed by atoms with E-state index in [1.54, 1.807) is 0 Å². The Kier molecular flexibility index (Phi) is 5.14. The van der Waals surface area contributed by atoms with Crippen LogP contribution in [0.25, 0.3) is 0 Å². The van der Waals surface area contributed by atoms with Crippen LogP contribution in [0.5, 0.6) is 0 Å². The molecule has 0 rings (SSSR count). The highest BCUT2D eigenvalue weighted by molar-refractivity contribution is 4.42. The summed E-state index contributed by atoms with van der Waals surface area (Å²) in [6.45, 7) is 1.01. The van der Waals surface area contributed by atoms with E-state index in [1.165, 1.54) is 0 Å². The van der Waals surface area contributed by atoms with Crippen molar-refractivity contribution in [1.29, 1.82) is 0 Å². The molecule has 0 unspecified atom stereocenters. The lowest BCUT2D eigenvalue weighted by Crippen LogP contribution is -2.23. The van der Waals surface area contributed by atoms with Gasteiger partial charge < -0.3 is 0 Å². The Hall–Kier alpha value is -0.480. The summed E-state index contributed by atoms with van der Waals surface area (Å²) < 4.78 is 0. The van der Waals surface area contributed by atoms with E-state index in [2.05, 4.69) is 10.6 Å². The van der Waals surface area contributed by atoms with Crippen LogP contribution < -0.4 is 11.3 Å². The molecule has 0 aromatic carbocycles. The van der Waals surface area contributed by atoms with Gasteiger partial charge in [-0.3, -0.25) is 11.3 Å². The number of nitrogens with zero attached hydrogens (tertiary/aromatic N) is 1. The zero-order chi connectivity index (χ0) is 5.54. The van der Waals surface area contributed by atoms with E-state index in [0.29, 0.717) is 13.1 Å². The van der Waals surface area contributed by atoms with Crippen LogP contribution in [0.1, 0.15) is 6.42 Å². The van der Waals surface area contributed by atoms with Gasteiger partial charge in [0, 0.05) is 6.54 Å². The quantitative estimate of drug-likeness (QED) is 0.220. The Morgan fingerprint density at radius 1 is 1.71 bits per heavy atom. The van der Waals surface area contributed by atoms with Gasteiger partial charge in [0.1, 0.15) is 0 Å². The van der Waals surface area contributed by atoms with Gasteiger partial charge in [0.05, 0.1) is 6.54 Å². The molecular weight excluding hydrogens is 94.1 g/mol. The molecule has 0 aromatic heterocycles. The van der Waals surface area contributed by atoms with Crippen molar-refractivity contribution in [3.8, 4) is 0 Å². The molecule has 0 radical (unpaired) electrons. The van der Waals surface area contributed by atoms with E-state index in [-0.39, 0.29) is 0 Å². The molecule has 0 spiro atoms. The van der Waals surface area contributed by atoms with Gasteiger partial charge in [-0.1, -0.05) is 5.18 Å². The fraction of sp³-hybridized carbons (Fsp3) is 1.00. The average molecular weight is 103 g/mol. The second kappa shape index (κ2) is 5.52. The minimum Gasteiger partial charge on any atom is -0.271 e. The maximum absolute atomic E-state index is 9.36. The first kappa shape index (κ1) is 6.52. The molecule has 0 amide bonds. The first-order chi connectivity index (χ1) is 3.41. The highest BCUT2D eigenvalue weighted by Gasteiger charge is 1.79. The van der Waals surface area contributed by atoms with Crippen LogP contribution in [0, 0.1) is 4.91 Å². The van der Waals surface area contributed by atoms with Crippen molar-refractivity contribution >= 4 is 0 Å². The fourth-order valence-electron chi connectivity index (χ4n) is 0.246. The molecule has 0 aromatic rings. The summed E-state index contributed by atoms with van der Waals surface area (Å²) in [4.78, 5) is 9.36. The first-order valence-electron chi connectivity index (χ1n) is 2.14. The van der Waals surface area contributed by atoms with Crippen molar-refractivity contribution in [3.05, 3.63) is 4.91 Å². The largest absolute Gasteiger partial charge is 0.271 e. The predicted molar refractivity (Wildman–Crippen MR) is 27.5 cm³/mol. The van der Waals surface area contributed by atoms with Crippen molar-refractivity contribution < 1.29 is 0 Å². The van der Waals surface area contributed by atoms with Gasteiger partial charge in [-0.2, -0.15) is 4.91 Å². The molecule has 0 fully saturated rings. The van der Waals surface area contributed by atoms with Gasteiger partial charge in [0.2, 0.25) is 0 Å². The molecule has 0 aliphatic rings. The zero-order valence-electron chi connectivity index (χ0n) is 4.05. The van der Waals surface area contributed by atoms with Crippen LogP contribution in [0.2, 0.25) is 0 Å². The predicted octanol–water partition coefficient (Wildman–Crippen LogP) is -0.394. The summed E-state index contributed by atoms with van der Waals surface area (Å²) in [5.74, 6) is 4.88. The van der Waals surface area contributed by atoms with E-state index in [9.17, 15) is 4.91 Å². The maximum atomic E-state index is 9.36. The van der Waals surface area contributed by atoms with Gasteiger partial charge in [-0.25, -0.2) is 0 Å². The van der Waals surface area contributed by atoms with Crippen LogP contribution in [0.4, 0.5) is 0 Å². The molecule has 0 saturated heterocycles. The van der Waals surface area contributed by atoms with E-state index in [4.69, 9.17) is 5.84 Å². The SMILES string of the molecule is NNCCCN=O. The Morgan fingerprint density at radius 2 is 2.43 bits per heavy atom. The molecule has 0 aliphatic carbocycles. The maximum Gasteiger partial charge on any atom is 0.0823 e. The lowest BCUT2D eigenvalue weighted by Gasteiger charge is -1.88. The Morgan fingerprint density at radius 3 is 2.86 bits per heavy atom. The molecule has 0 bridgehead atoms. The molecule has 0 aliphatic heterocycles. The molecule has 0 saturated carbocycles. The van der Waals surface area contributed by atoms with Crippen LogP contribution in [-0.4, -0.2) is 13.1 Å². The molecule has 0 atom stereocenters. The first-order valence-corrected chi connectivity index (χ1v) is 2.14. The standard InChI is InChI=1S/C3H9N3O/c4-5-2-1-3-6-7/h5H,1-4H2. The summed E-state index contributed by atoms with van der Waals surface area (Å²) in [5.41, 5.74) is 2.40. The highest BCUT2D eigenvalue weighted by Crippen LogP contribution is 1.73. The van der Waals surface area contributed by atoms with Gasteiger partial charge in [0.15, 0.2) is 0 Å². The number of hydrogen-bond donors (Lipinski definition) is 2. The van der Waals surface area contributed by atoms with E-state index in [1.807, 2.05) is 0 Å². The summed E-state index contributed by atoms with van der Waals surface area (Å²) in [5, 5.41) is 2.63. The summed E-state index contributed by atoms with van der Waals surface area (Å²) in [7, 11) is 0. The van der Waals surface area contributed by atoms with Crippen molar-refractivity contribution in [2.45, 2.75) is 6.42 Å². The van der Waals surface area contributed by atoms with Gasteiger partial charge in [-0.15, -0.1) is 0 Å². The third-order valence-electron chi connectivity index (χ3n) is 0.571. The Bertz CT molecular complexity index is 47.4. The van der Waals surface area contributed by atoms with Crippen LogP contribution in [0.15, 0.2) is 5.18 Å². The third kappa shape index (κ3) is 5.52. The Balaban J connectivity index is 2.56. The molecule has 4 heteroatoms. The Labute approximate surface area is 42.0 Å². The highest BCUT2D eigenvalue weighted by atomic mass is 16.3. The lowest BCUT2D eigenvalue weighted by molar-refractivity contribution is 0.686. The number of nitrogens with one attached hydrogen (secondary N) is 1. The number of hydrogen-bond acceptors (Lipinski definition) is 4. The molecular formula is C3H9N3O. The van der Waals surface area contributed by atoms with E-state index >= 15 is 0 Å². The topological polar surface area (TPSA) is 67.5 Å². The van der Waals surface area contributed by atoms with Crippen LogP contribution in [0.3, 0.4) is 0 Å². The number of nitrogens with two attached hydrogens (primary N) is 1. The number of hydrazine groups is 1. The van der Waals surface area contributed by atoms with Gasteiger partial charge >= 0.3 is 0 Å². The number of rotatable bonds is 4. The van der Waals surface area contributed by atoms with E-state index in [0.717, 1.165) is 6.42 Å².